The van der Waals surface area contributed by atoms with Crippen molar-refractivity contribution >= 4 is 12.4 Å². The Kier molecular flexibility index (Phi) is 7.25. The van der Waals surface area contributed by atoms with E-state index in [1.54, 1.807) is 0 Å². The lowest BCUT2D eigenvalue weighted by Gasteiger charge is -2.35. The van der Waals surface area contributed by atoms with Gasteiger partial charge in [-0.1, -0.05) is 30.7 Å². The Morgan fingerprint density at radius 3 is 2.59 bits per heavy atom. The number of aryl methyl sites for hydroxylation is 2. The number of likely N-dealkylation sites (tertiary alicyclic amines) is 2. The van der Waals surface area contributed by atoms with E-state index in [4.69, 9.17) is 9.90 Å². The second kappa shape index (κ2) is 10.3. The SMILES string of the molecule is Cc1ccccc1[C@@H]1[C@H]2CN(CCCn3cccn3)C[C@H]2CN1C(=O)C1CCC1.O=CO. The molecule has 1 amide bonds. The summed E-state index contributed by atoms with van der Waals surface area (Å²) in [7, 11) is 0. The second-order valence-electron chi connectivity index (χ2n) is 9.33. The number of hydrogen-bond donors (Lipinski definition) is 1. The summed E-state index contributed by atoms with van der Waals surface area (Å²) in [5.74, 6) is 1.87. The Labute approximate surface area is 190 Å². The van der Waals surface area contributed by atoms with E-state index in [0.29, 0.717) is 17.7 Å². The van der Waals surface area contributed by atoms with Crippen LogP contribution in [-0.2, 0) is 16.1 Å². The van der Waals surface area contributed by atoms with Crippen LogP contribution in [0.3, 0.4) is 0 Å². The third kappa shape index (κ3) is 4.72. The van der Waals surface area contributed by atoms with Gasteiger partial charge in [-0.25, -0.2) is 0 Å². The van der Waals surface area contributed by atoms with Gasteiger partial charge >= 0.3 is 0 Å². The summed E-state index contributed by atoms with van der Waals surface area (Å²) in [4.78, 5) is 26.5. The van der Waals surface area contributed by atoms with E-state index >= 15 is 0 Å². The van der Waals surface area contributed by atoms with Crippen LogP contribution in [0.5, 0.6) is 0 Å². The summed E-state index contributed by atoms with van der Waals surface area (Å²) in [6, 6.07) is 10.9. The lowest BCUT2D eigenvalue weighted by molar-refractivity contribution is -0.139. The topological polar surface area (TPSA) is 78.7 Å². The van der Waals surface area contributed by atoms with Crippen molar-refractivity contribution in [3.05, 3.63) is 53.9 Å². The first-order chi connectivity index (χ1) is 15.6. The Morgan fingerprint density at radius 1 is 1.16 bits per heavy atom. The molecule has 7 nitrogen and oxygen atoms in total. The first kappa shape index (κ1) is 22.5. The minimum Gasteiger partial charge on any atom is -0.483 e. The number of nitrogens with zero attached hydrogens (tertiary/aromatic N) is 4. The zero-order chi connectivity index (χ0) is 22.5. The molecule has 2 saturated heterocycles. The first-order valence-corrected chi connectivity index (χ1v) is 11.8. The van der Waals surface area contributed by atoms with Gasteiger partial charge in [-0.3, -0.25) is 14.3 Å². The Balaban J connectivity index is 0.000000775. The summed E-state index contributed by atoms with van der Waals surface area (Å²) >= 11 is 0. The normalized spacial score (nSPS) is 25.0. The molecule has 2 aliphatic heterocycles. The molecule has 3 fully saturated rings. The van der Waals surface area contributed by atoms with Crippen molar-refractivity contribution in [3.8, 4) is 0 Å². The molecular weight excluding hydrogens is 404 g/mol. The predicted molar refractivity (Wildman–Crippen MR) is 122 cm³/mol. The van der Waals surface area contributed by atoms with E-state index in [1.165, 1.54) is 17.5 Å². The van der Waals surface area contributed by atoms with Crippen LogP contribution in [0.1, 0.15) is 42.9 Å². The maximum Gasteiger partial charge on any atom is 0.290 e. The molecule has 0 bridgehead atoms. The molecule has 5 rings (SSSR count). The van der Waals surface area contributed by atoms with Crippen LogP contribution in [-0.4, -0.2) is 63.2 Å². The molecule has 7 heteroatoms. The van der Waals surface area contributed by atoms with Gasteiger partial charge in [0.25, 0.3) is 6.47 Å². The van der Waals surface area contributed by atoms with Gasteiger partial charge in [0.15, 0.2) is 0 Å². The maximum absolute atomic E-state index is 13.2. The van der Waals surface area contributed by atoms with E-state index in [9.17, 15) is 4.79 Å². The van der Waals surface area contributed by atoms with Gasteiger partial charge in [0, 0.05) is 50.4 Å². The number of amides is 1. The number of fused-ring (bicyclic) bond motifs is 1. The largest absolute Gasteiger partial charge is 0.483 e. The first-order valence-electron chi connectivity index (χ1n) is 11.8. The van der Waals surface area contributed by atoms with Crippen molar-refractivity contribution in [2.75, 3.05) is 26.2 Å². The summed E-state index contributed by atoms with van der Waals surface area (Å²) in [5, 5.41) is 11.2. The highest BCUT2D eigenvalue weighted by molar-refractivity contribution is 5.80. The van der Waals surface area contributed by atoms with Gasteiger partial charge in [0.2, 0.25) is 5.91 Å². The minimum absolute atomic E-state index is 0.250. The second-order valence-corrected chi connectivity index (χ2v) is 9.33. The monoisotopic (exact) mass is 438 g/mol. The molecular formula is C25H34N4O3. The molecule has 2 aromatic rings. The lowest BCUT2D eigenvalue weighted by atomic mass is 9.83. The number of hydrogen-bond acceptors (Lipinski definition) is 4. The third-order valence-corrected chi connectivity index (χ3v) is 7.41. The van der Waals surface area contributed by atoms with Crippen molar-refractivity contribution in [2.24, 2.45) is 17.8 Å². The summed E-state index contributed by atoms with van der Waals surface area (Å²) in [5.41, 5.74) is 2.69. The number of rotatable bonds is 6. The quantitative estimate of drug-likeness (QED) is 0.701. The molecule has 3 aliphatic rings. The van der Waals surface area contributed by atoms with Crippen molar-refractivity contribution in [3.63, 3.8) is 0 Å². The summed E-state index contributed by atoms with van der Waals surface area (Å²) < 4.78 is 2.02. The molecule has 1 aromatic heterocycles. The van der Waals surface area contributed by atoms with E-state index < -0.39 is 0 Å². The fourth-order valence-electron chi connectivity index (χ4n) is 5.64. The summed E-state index contributed by atoms with van der Waals surface area (Å²) in [6.07, 6.45) is 8.41. The molecule has 1 saturated carbocycles. The Bertz CT molecular complexity index is 896. The smallest absolute Gasteiger partial charge is 0.290 e. The molecule has 3 heterocycles. The molecule has 32 heavy (non-hydrogen) atoms. The standard InChI is InChI=1S/C24H32N4O.CH2O2/c1-18-7-2-3-10-21(18)23-22-17-26(12-6-14-27-13-5-11-25-27)15-20(22)16-28(23)24(29)19-8-4-9-19;2-1-3/h2-3,5,7,10-11,13,19-20,22-23H,4,6,8-9,12,14-17H2,1H3;1H,(H,2,3)/t20-,22-,23+;/m0./s1. The fraction of sp³-hybridized carbons (Fsp3) is 0.560. The number of carbonyl (C=O) groups is 2. The van der Waals surface area contributed by atoms with Crippen LogP contribution in [0.15, 0.2) is 42.7 Å². The zero-order valence-corrected chi connectivity index (χ0v) is 18.8. The number of benzene rings is 1. The van der Waals surface area contributed by atoms with E-state index in [2.05, 4.69) is 46.1 Å². The predicted octanol–water partition coefficient (Wildman–Crippen LogP) is 3.21. The van der Waals surface area contributed by atoms with Crippen LogP contribution in [0, 0.1) is 24.7 Å². The highest BCUT2D eigenvalue weighted by atomic mass is 16.3. The average Bonchev–Trinajstić information content (AvgIpc) is 3.44. The van der Waals surface area contributed by atoms with E-state index in [-0.39, 0.29) is 18.4 Å². The molecule has 0 spiro atoms. The minimum atomic E-state index is -0.250. The van der Waals surface area contributed by atoms with E-state index in [0.717, 1.165) is 52.0 Å². The highest BCUT2D eigenvalue weighted by Crippen LogP contribution is 2.47. The molecule has 3 atom stereocenters. The van der Waals surface area contributed by atoms with Crippen LogP contribution in [0.2, 0.25) is 0 Å². The fourth-order valence-corrected chi connectivity index (χ4v) is 5.64. The van der Waals surface area contributed by atoms with Gasteiger partial charge in [-0.15, -0.1) is 0 Å². The van der Waals surface area contributed by atoms with Gasteiger partial charge in [-0.05, 0) is 55.8 Å². The highest BCUT2D eigenvalue weighted by Gasteiger charge is 2.50. The van der Waals surface area contributed by atoms with Crippen molar-refractivity contribution < 1.29 is 14.7 Å². The van der Waals surface area contributed by atoms with Crippen molar-refractivity contribution in [1.29, 1.82) is 0 Å². The number of aromatic nitrogens is 2. The van der Waals surface area contributed by atoms with Crippen molar-refractivity contribution in [1.82, 2.24) is 19.6 Å². The average molecular weight is 439 g/mol. The van der Waals surface area contributed by atoms with Crippen LogP contribution in [0.4, 0.5) is 0 Å². The Morgan fingerprint density at radius 2 is 1.94 bits per heavy atom. The van der Waals surface area contributed by atoms with Gasteiger partial charge in [0.1, 0.15) is 0 Å². The molecule has 1 aromatic carbocycles. The van der Waals surface area contributed by atoms with Gasteiger partial charge in [0.05, 0.1) is 6.04 Å². The van der Waals surface area contributed by atoms with Crippen LogP contribution < -0.4 is 0 Å². The van der Waals surface area contributed by atoms with E-state index in [1.807, 2.05) is 23.1 Å². The summed E-state index contributed by atoms with van der Waals surface area (Å²) in [6.45, 7) is 7.22. The third-order valence-electron chi connectivity index (χ3n) is 7.41. The van der Waals surface area contributed by atoms with Crippen LogP contribution in [0.25, 0.3) is 0 Å². The molecule has 0 unspecified atom stereocenters. The molecule has 0 radical (unpaired) electrons. The number of carbonyl (C=O) groups excluding carboxylic acids is 1. The number of carboxylic acid groups (broad SMARTS) is 1. The van der Waals surface area contributed by atoms with Crippen LogP contribution >= 0.6 is 0 Å². The molecule has 172 valence electrons. The van der Waals surface area contributed by atoms with Crippen molar-refractivity contribution in [2.45, 2.75) is 45.2 Å². The zero-order valence-electron chi connectivity index (χ0n) is 18.8. The lowest BCUT2D eigenvalue weighted by Crippen LogP contribution is -2.41. The Hall–Kier alpha value is -2.67. The molecule has 1 N–H and O–H groups in total. The maximum atomic E-state index is 13.2. The van der Waals surface area contributed by atoms with Gasteiger partial charge in [-0.2, -0.15) is 5.10 Å². The molecule has 1 aliphatic carbocycles. The van der Waals surface area contributed by atoms with Gasteiger partial charge < -0.3 is 14.9 Å².